The molecule has 12 nitrogen and oxygen atoms in total. The lowest BCUT2D eigenvalue weighted by Gasteiger charge is -2.41. The van der Waals surface area contributed by atoms with Gasteiger partial charge in [0.1, 0.15) is 0 Å². The molecule has 0 bridgehead atoms. The van der Waals surface area contributed by atoms with Gasteiger partial charge in [0, 0.05) is 132 Å². The lowest BCUT2D eigenvalue weighted by Crippen LogP contribution is -2.44. The van der Waals surface area contributed by atoms with Crippen LogP contribution in [-0.2, 0) is 0 Å². The van der Waals surface area contributed by atoms with Gasteiger partial charge in [-0.05, 0) is 268 Å². The van der Waals surface area contributed by atoms with Crippen LogP contribution < -0.4 is 19.6 Å². The highest BCUT2D eigenvalue weighted by Gasteiger charge is 2.57. The van der Waals surface area contributed by atoms with Crippen LogP contribution in [0.2, 0.25) is 0 Å². The highest BCUT2D eigenvalue weighted by Crippen LogP contribution is 2.60. The molecule has 4 aliphatic heterocycles. The second kappa shape index (κ2) is 25.3. The lowest BCUT2D eigenvalue weighted by molar-refractivity contribution is 0.170. The summed E-state index contributed by atoms with van der Waals surface area (Å²) in [6.45, 7) is 33.7. The predicted molar refractivity (Wildman–Crippen MR) is 436 cm³/mol. The van der Waals surface area contributed by atoms with Crippen molar-refractivity contribution in [2.24, 2.45) is 21.7 Å². The van der Waals surface area contributed by atoms with Gasteiger partial charge in [-0.25, -0.2) is 19.9 Å². The number of nitrogens with zero attached hydrogens (tertiary/aromatic N) is 8. The van der Waals surface area contributed by atoms with Crippen LogP contribution in [0.25, 0.3) is 88.3 Å². The molecule has 6 fully saturated rings. The average Bonchev–Trinajstić information content (AvgIpc) is 1.55. The van der Waals surface area contributed by atoms with Gasteiger partial charge in [0.05, 0.1) is 22.7 Å². The van der Waals surface area contributed by atoms with Crippen LogP contribution >= 0.6 is 0 Å². The molecular weight excluding hydrogens is 1280 g/mol. The van der Waals surface area contributed by atoms with Crippen LogP contribution in [0.1, 0.15) is 253 Å². The first-order chi connectivity index (χ1) is 54.8. The maximum Gasteiger partial charge on any atom is 0.227 e. The Balaban J connectivity index is 0.000000123. The van der Waals surface area contributed by atoms with Gasteiger partial charge in [0.2, 0.25) is 22.9 Å². The van der Waals surface area contributed by atoms with Gasteiger partial charge in [-0.15, -0.1) is 0 Å². The molecule has 6 aliphatic rings. The molecule has 0 amide bonds. The molecule has 6 unspecified atom stereocenters. The van der Waals surface area contributed by atoms with E-state index in [0.717, 1.165) is 162 Å². The molecule has 2 spiro atoms. The molecule has 6 atom stereocenters. The molecule has 18 rings (SSSR count). The third-order valence-corrected chi connectivity index (χ3v) is 24.8. The molecule has 0 N–H and O–H groups in total. The summed E-state index contributed by atoms with van der Waals surface area (Å²) in [5, 5.41) is 7.72. The number of aryl methyl sites for hydroxylation is 6. The molecule has 0 radical (unpaired) electrons. The summed E-state index contributed by atoms with van der Waals surface area (Å²) in [6, 6.07) is 31.3. The number of aromatic nitrogens is 4. The minimum atomic E-state index is -2.48. The molecule has 12 aromatic rings. The Kier molecular flexibility index (Phi) is 13.7. The molecule has 2 saturated carbocycles. The zero-order chi connectivity index (χ0) is 86.1. The van der Waals surface area contributed by atoms with E-state index >= 15 is 0 Å². The zero-order valence-corrected chi connectivity index (χ0v) is 65.0. The number of pyridine rings is 4. The second-order valence-corrected chi connectivity index (χ2v) is 33.9. The van der Waals surface area contributed by atoms with Gasteiger partial charge < -0.3 is 37.3 Å². The topological polar surface area (TPSA) is 117 Å². The van der Waals surface area contributed by atoms with Gasteiger partial charge in [0.25, 0.3) is 0 Å². The summed E-state index contributed by atoms with van der Waals surface area (Å²) >= 11 is 0. The average molecular weight is 1410 g/mol. The first kappa shape index (κ1) is 56.2. The van der Waals surface area contributed by atoms with E-state index < -0.39 is 84.3 Å². The second-order valence-electron chi connectivity index (χ2n) is 33.9. The first-order valence-corrected chi connectivity index (χ1v) is 38.1. The Morgan fingerprint density at radius 1 is 0.346 bits per heavy atom. The standard InChI is InChI=1S/C25H32N2O.C24H30N2O.C22H28N2O.C21H26N2O/c1-16-9-11-19-20-12-10-17(2)26-23(20)28-22(19)21(16)27-18(3)25(15-24(27,4)5)13-7-6-8-14-25;1-16-10-11-18-19-9-8-14-25-22(19)27-21(18)20(16)26-17(2)24(15-23(26,3)4)12-6-5-7-13-24;1-13-8-10-16-17-11-9-14(2)23-20(17)25-19(16)18(13)24-15(3)21(4,5)12-22(24,6)7;1-13-9-10-15-16-8-7-11-22-19(16)24-18(15)17(13)23-14(2)20(3,4)12-21(23,5)6/h9-12,18H,6-8,13-15H2,1-5H3;8-11,14,17H,5-7,12-13,15H2,1-4H3;8-11,15H,12H2,1-7H3;7-11,14H,12H2,1-6H3/i2*15D2;4D3,12D2;3D3,12D2. The van der Waals surface area contributed by atoms with Gasteiger partial charge >= 0.3 is 0 Å². The number of fused-ring (bicyclic) bond motifs is 12. The van der Waals surface area contributed by atoms with E-state index in [1.807, 2.05) is 111 Å². The van der Waals surface area contributed by atoms with E-state index in [-0.39, 0.29) is 22.9 Å². The minimum Gasteiger partial charge on any atom is -0.436 e. The van der Waals surface area contributed by atoms with E-state index in [1.165, 1.54) is 12.8 Å². The lowest BCUT2D eigenvalue weighted by atomic mass is 9.68. The van der Waals surface area contributed by atoms with Crippen LogP contribution in [0.4, 0.5) is 22.7 Å². The maximum atomic E-state index is 9.34. The fraction of sp³-hybridized carbons (Fsp3) is 0.522. The van der Waals surface area contributed by atoms with E-state index in [4.69, 9.17) is 31.4 Å². The van der Waals surface area contributed by atoms with Crippen molar-refractivity contribution >= 4 is 111 Å². The summed E-state index contributed by atoms with van der Waals surface area (Å²) in [7, 11) is 0. The van der Waals surface area contributed by atoms with Crippen LogP contribution in [0.3, 0.4) is 0 Å². The fourth-order valence-corrected chi connectivity index (χ4v) is 19.9. The van der Waals surface area contributed by atoms with Crippen molar-refractivity contribution in [1.29, 1.82) is 0 Å². The molecule has 12 heterocycles. The minimum absolute atomic E-state index is 0.0926. The summed E-state index contributed by atoms with van der Waals surface area (Å²) in [6.07, 6.45) is 7.59. The van der Waals surface area contributed by atoms with Crippen LogP contribution in [0.15, 0.2) is 127 Å². The number of benzene rings is 4. The van der Waals surface area contributed by atoms with Crippen LogP contribution in [0.5, 0.6) is 0 Å². The predicted octanol–water partition coefficient (Wildman–Crippen LogP) is 25.2. The number of rotatable bonds is 4. The Morgan fingerprint density at radius 3 is 0.933 bits per heavy atom. The Hall–Kier alpha value is -8.12. The van der Waals surface area contributed by atoms with Crippen molar-refractivity contribution in [3.63, 3.8) is 0 Å². The quantitative estimate of drug-likeness (QED) is 0.167. The zero-order valence-electron chi connectivity index (χ0n) is 79.0. The van der Waals surface area contributed by atoms with Crippen molar-refractivity contribution in [1.82, 2.24) is 19.9 Å². The SMILES string of the molecule is [2H]C([2H])([2H])C1(C)C(C)N(c2c(C)ccc3c2oc2nc(C)ccc23)C(C)(C)C1([2H])[2H].[2H]C([2H])([2H])C1(C)C(C)N(c2c(C)ccc3c2oc2ncccc23)C(C)(C)C1([2H])[2H].[2H]C1([2H])C2(CCCCC2)C(C)N(c2c(C)ccc3c2oc2nc(C)ccc23)C1(C)C.[2H]C1([2H])C2(CCCCC2)C(C)N(c2c(C)ccc3c2oc2ncccc23)C1(C)C. The number of hydrogen-bond acceptors (Lipinski definition) is 12. The van der Waals surface area contributed by atoms with Gasteiger partial charge in [-0.2, -0.15) is 0 Å². The fourth-order valence-electron chi connectivity index (χ4n) is 19.9. The molecule has 2 aliphatic carbocycles. The Morgan fingerprint density at radius 2 is 0.625 bits per heavy atom. The third kappa shape index (κ3) is 11.6. The number of hydrogen-bond donors (Lipinski definition) is 0. The van der Waals surface area contributed by atoms with Crippen molar-refractivity contribution in [3.8, 4) is 0 Å². The molecule has 8 aromatic heterocycles. The van der Waals surface area contributed by atoms with Crippen molar-refractivity contribution in [2.75, 3.05) is 19.6 Å². The summed E-state index contributed by atoms with van der Waals surface area (Å²) < 4.78 is 147. The van der Waals surface area contributed by atoms with Gasteiger partial charge in [-0.3, -0.25) is 0 Å². The highest BCUT2D eigenvalue weighted by molar-refractivity contribution is 6.12. The summed E-state index contributed by atoms with van der Waals surface area (Å²) in [4.78, 5) is 26.4. The third-order valence-electron chi connectivity index (χ3n) is 24.8. The molecule has 12 heteroatoms. The Bertz CT molecular complexity index is 5960. The van der Waals surface area contributed by atoms with E-state index in [0.29, 0.717) is 34.0 Å². The van der Waals surface area contributed by atoms with E-state index in [2.05, 4.69) is 115 Å². The Labute approximate surface area is 637 Å². The monoisotopic (exact) mass is 1410 g/mol. The van der Waals surface area contributed by atoms with Crippen LogP contribution in [0, 0.1) is 63.2 Å². The van der Waals surface area contributed by atoms with Crippen molar-refractivity contribution in [2.45, 2.75) is 288 Å². The summed E-state index contributed by atoms with van der Waals surface area (Å²) in [5.74, 6) is 0. The molecular formula is C92H116N8O4. The number of anilines is 4. The van der Waals surface area contributed by atoms with E-state index in [1.54, 1.807) is 60.9 Å². The van der Waals surface area contributed by atoms with E-state index in [9.17, 15) is 5.48 Å². The van der Waals surface area contributed by atoms with Gasteiger partial charge in [0.15, 0.2) is 22.3 Å². The van der Waals surface area contributed by atoms with Crippen LogP contribution in [-0.4, -0.2) is 66.3 Å². The normalized spacial score (nSPS) is 29.3. The smallest absolute Gasteiger partial charge is 0.227 e. The molecule has 4 saturated heterocycles. The van der Waals surface area contributed by atoms with Crippen molar-refractivity contribution < 1.29 is 36.9 Å². The number of furan rings is 4. The highest BCUT2D eigenvalue weighted by atomic mass is 16.4. The molecule has 548 valence electrons. The summed E-state index contributed by atoms with van der Waals surface area (Å²) in [5.41, 5.74) is 7.39. The van der Waals surface area contributed by atoms with Gasteiger partial charge in [-0.1, -0.05) is 115 Å². The first-order valence-electron chi connectivity index (χ1n) is 45.1. The molecule has 104 heavy (non-hydrogen) atoms. The largest absolute Gasteiger partial charge is 0.436 e. The maximum absolute atomic E-state index is 9.34. The molecule has 4 aromatic carbocycles. The van der Waals surface area contributed by atoms with Crippen molar-refractivity contribution in [3.05, 3.63) is 143 Å².